The summed E-state index contributed by atoms with van der Waals surface area (Å²) >= 11 is 0. The molecule has 14 heteroatoms. The minimum absolute atomic E-state index is 0.197. The van der Waals surface area contributed by atoms with Crippen LogP contribution in [-0.4, -0.2) is 71.4 Å². The molecule has 0 spiro atoms. The van der Waals surface area contributed by atoms with Crippen molar-refractivity contribution in [3.05, 3.63) is 114 Å². The number of nitrogens with zero attached hydrogens (tertiary/aromatic N) is 10. The van der Waals surface area contributed by atoms with Crippen LogP contribution in [0.3, 0.4) is 0 Å². The molecule has 1 aliphatic rings. The van der Waals surface area contributed by atoms with E-state index in [1.54, 1.807) is 25.5 Å². The number of amides is 1. The fourth-order valence-electron chi connectivity index (χ4n) is 6.21. The number of morpholine rings is 1. The Morgan fingerprint density at radius 2 is 1.74 bits per heavy atom. The lowest BCUT2D eigenvalue weighted by molar-refractivity contribution is 0.0985. The Bertz CT molecular complexity index is 2400. The highest BCUT2D eigenvalue weighted by Crippen LogP contribution is 2.35. The summed E-state index contributed by atoms with van der Waals surface area (Å²) < 4.78 is 9.04. The van der Waals surface area contributed by atoms with Gasteiger partial charge in [-0.3, -0.25) is 24.2 Å². The van der Waals surface area contributed by atoms with E-state index in [1.807, 2.05) is 98.6 Å². The van der Waals surface area contributed by atoms with Crippen LogP contribution < -0.4 is 10.2 Å². The molecule has 2 N–H and O–H groups in total. The Balaban J connectivity index is 0.000000166. The van der Waals surface area contributed by atoms with Crippen LogP contribution in [0.4, 0.5) is 22.9 Å². The molecule has 0 radical (unpaired) electrons. The standard InChI is InChI=1S/C20H21N7O.C19H19N5O/c1-13-12-28-10-9-27(13)18-11-15(17-5-8-23-26(17)2)14-3-6-21-20(19(14)24-18)16-4-7-22-25-16;1-13-6-4-5-7-17(13)23-22-15-8-9-16(14(2)12-15)21-19(25)18-10-11-20-24(18)3/h3-8,11,13H,9-10,12H2,1-2H3,(H,22,25);4-12H,1-3H3,(H,21,25). The summed E-state index contributed by atoms with van der Waals surface area (Å²) in [6.07, 6.45) is 6.95. The molecule has 8 rings (SSSR count). The van der Waals surface area contributed by atoms with E-state index in [0.717, 1.165) is 74.1 Å². The second kappa shape index (κ2) is 15.4. The smallest absolute Gasteiger partial charge is 0.273 e. The van der Waals surface area contributed by atoms with Gasteiger partial charge >= 0.3 is 0 Å². The lowest BCUT2D eigenvalue weighted by Gasteiger charge is -2.34. The Morgan fingerprint density at radius 3 is 2.45 bits per heavy atom. The zero-order valence-electron chi connectivity index (χ0n) is 30.2. The number of rotatable bonds is 7. The monoisotopic (exact) mass is 708 g/mol. The van der Waals surface area contributed by atoms with Crippen molar-refractivity contribution < 1.29 is 9.53 Å². The van der Waals surface area contributed by atoms with Crippen molar-refractivity contribution in [3.8, 4) is 22.6 Å². The number of aryl methyl sites for hydroxylation is 4. The number of pyridine rings is 2. The van der Waals surface area contributed by atoms with Crippen molar-refractivity contribution in [1.82, 2.24) is 39.7 Å². The zero-order valence-corrected chi connectivity index (χ0v) is 30.2. The topological polar surface area (TPSA) is 156 Å². The summed E-state index contributed by atoms with van der Waals surface area (Å²) in [4.78, 5) is 24.2. The molecule has 6 heterocycles. The van der Waals surface area contributed by atoms with E-state index >= 15 is 0 Å². The van der Waals surface area contributed by atoms with Crippen LogP contribution in [0.2, 0.25) is 0 Å². The number of hydrogen-bond donors (Lipinski definition) is 2. The number of aromatic nitrogens is 8. The molecule has 14 nitrogen and oxygen atoms in total. The van der Waals surface area contributed by atoms with Crippen molar-refractivity contribution in [2.75, 3.05) is 30.0 Å². The largest absolute Gasteiger partial charge is 0.377 e. The van der Waals surface area contributed by atoms with E-state index in [1.165, 1.54) is 4.68 Å². The minimum atomic E-state index is -0.197. The molecule has 0 aliphatic carbocycles. The summed E-state index contributed by atoms with van der Waals surface area (Å²) in [7, 11) is 3.69. The predicted molar refractivity (Wildman–Crippen MR) is 205 cm³/mol. The van der Waals surface area contributed by atoms with Gasteiger partial charge in [0.2, 0.25) is 0 Å². The van der Waals surface area contributed by atoms with Crippen LogP contribution in [0.1, 0.15) is 28.5 Å². The first-order chi connectivity index (χ1) is 25.8. The molecular weight excluding hydrogens is 669 g/mol. The number of azo groups is 1. The number of benzene rings is 2. The van der Waals surface area contributed by atoms with E-state index < -0.39 is 0 Å². The average molecular weight is 709 g/mol. The number of nitrogens with one attached hydrogen (secondary N) is 2. The molecule has 1 unspecified atom stereocenters. The van der Waals surface area contributed by atoms with Gasteiger partial charge in [-0.2, -0.15) is 25.5 Å². The lowest BCUT2D eigenvalue weighted by Crippen LogP contribution is -2.44. The number of hydrogen-bond acceptors (Lipinski definition) is 10. The number of carbonyl (C=O) groups is 1. The summed E-state index contributed by atoms with van der Waals surface area (Å²) in [6, 6.07) is 23.4. The summed E-state index contributed by atoms with van der Waals surface area (Å²) in [5.41, 5.74) is 9.41. The number of aromatic amines is 1. The molecule has 0 saturated carbocycles. The number of fused-ring (bicyclic) bond motifs is 1. The van der Waals surface area contributed by atoms with Gasteiger partial charge in [0.05, 0.1) is 42.0 Å². The second-order valence-electron chi connectivity index (χ2n) is 12.8. The van der Waals surface area contributed by atoms with Crippen molar-refractivity contribution >= 4 is 39.7 Å². The molecule has 1 amide bonds. The molecule has 0 bridgehead atoms. The van der Waals surface area contributed by atoms with Gasteiger partial charge in [-0.05, 0) is 86.5 Å². The fraction of sp³-hybridized carbons (Fsp3) is 0.231. The van der Waals surface area contributed by atoms with Crippen molar-refractivity contribution in [2.24, 2.45) is 24.3 Å². The van der Waals surface area contributed by atoms with Crippen LogP contribution in [0.15, 0.2) is 108 Å². The van der Waals surface area contributed by atoms with E-state index in [0.29, 0.717) is 18.9 Å². The van der Waals surface area contributed by atoms with Crippen molar-refractivity contribution in [3.63, 3.8) is 0 Å². The highest BCUT2D eigenvalue weighted by atomic mass is 16.5. The van der Waals surface area contributed by atoms with Crippen LogP contribution in [0.5, 0.6) is 0 Å². The number of H-pyrrole nitrogens is 1. The molecule has 1 aliphatic heterocycles. The summed E-state index contributed by atoms with van der Waals surface area (Å²) in [6.45, 7) is 8.28. The first-order valence-corrected chi connectivity index (χ1v) is 17.3. The van der Waals surface area contributed by atoms with Crippen LogP contribution >= 0.6 is 0 Å². The van der Waals surface area contributed by atoms with Gasteiger partial charge in [0.25, 0.3) is 5.91 Å². The molecule has 53 heavy (non-hydrogen) atoms. The molecule has 1 fully saturated rings. The highest BCUT2D eigenvalue weighted by molar-refractivity contribution is 6.03. The van der Waals surface area contributed by atoms with Crippen LogP contribution in [0, 0.1) is 13.8 Å². The first kappa shape index (κ1) is 34.9. The van der Waals surface area contributed by atoms with Gasteiger partial charge in [0.15, 0.2) is 0 Å². The van der Waals surface area contributed by atoms with Crippen molar-refractivity contribution in [2.45, 2.75) is 26.8 Å². The third-order valence-corrected chi connectivity index (χ3v) is 9.13. The number of carbonyl (C=O) groups excluding carboxylic acids is 1. The molecule has 7 aromatic rings. The van der Waals surface area contributed by atoms with Gasteiger partial charge in [-0.1, -0.05) is 18.2 Å². The van der Waals surface area contributed by atoms with Crippen LogP contribution in [-0.2, 0) is 18.8 Å². The van der Waals surface area contributed by atoms with Crippen LogP contribution in [0.25, 0.3) is 33.5 Å². The number of ether oxygens (including phenoxy) is 1. The molecule has 1 saturated heterocycles. The Kier molecular flexibility index (Phi) is 10.1. The molecule has 5 aromatic heterocycles. The van der Waals surface area contributed by atoms with Gasteiger partial charge in [0.1, 0.15) is 22.7 Å². The minimum Gasteiger partial charge on any atom is -0.377 e. The van der Waals surface area contributed by atoms with Gasteiger partial charge in [-0.25, -0.2) is 4.98 Å². The maximum absolute atomic E-state index is 12.3. The molecule has 2 aromatic carbocycles. The average Bonchev–Trinajstić information content (AvgIpc) is 3.95. The van der Waals surface area contributed by atoms with E-state index in [-0.39, 0.29) is 11.9 Å². The normalized spacial score (nSPS) is 14.4. The SMILES string of the molecule is CC1COCCN1c1cc(-c2ccnn2C)c2ccnc(-c3ccn[nH]3)c2n1.Cc1ccccc1N=Nc1ccc(NC(=O)c2ccnn2C)c(C)c1. The molecule has 1 atom stereocenters. The lowest BCUT2D eigenvalue weighted by atomic mass is 10.0. The Labute approximate surface area is 306 Å². The maximum atomic E-state index is 12.3. The quantitative estimate of drug-likeness (QED) is 0.163. The summed E-state index contributed by atoms with van der Waals surface area (Å²) in [5.74, 6) is 0.727. The predicted octanol–water partition coefficient (Wildman–Crippen LogP) is 7.35. The first-order valence-electron chi connectivity index (χ1n) is 17.3. The highest BCUT2D eigenvalue weighted by Gasteiger charge is 2.23. The molecular formula is C39H40N12O2. The second-order valence-corrected chi connectivity index (χ2v) is 12.8. The van der Waals surface area contributed by atoms with Gasteiger partial charge in [0, 0.05) is 62.1 Å². The zero-order chi connectivity index (χ0) is 36.9. The third-order valence-electron chi connectivity index (χ3n) is 9.13. The van der Waals surface area contributed by atoms with E-state index in [4.69, 9.17) is 9.72 Å². The Hall–Kier alpha value is -6.54. The fourth-order valence-corrected chi connectivity index (χ4v) is 6.21. The summed E-state index contributed by atoms with van der Waals surface area (Å²) in [5, 5.41) is 28.0. The third kappa shape index (κ3) is 7.58. The molecule has 268 valence electrons. The van der Waals surface area contributed by atoms with E-state index in [2.05, 4.69) is 58.8 Å². The maximum Gasteiger partial charge on any atom is 0.273 e. The Morgan fingerprint density at radius 1 is 0.906 bits per heavy atom. The van der Waals surface area contributed by atoms with Gasteiger partial charge in [-0.15, -0.1) is 0 Å². The van der Waals surface area contributed by atoms with Crippen molar-refractivity contribution in [1.29, 1.82) is 0 Å². The number of anilines is 2. The van der Waals surface area contributed by atoms with Gasteiger partial charge < -0.3 is 15.0 Å². The van der Waals surface area contributed by atoms with E-state index in [9.17, 15) is 4.79 Å².